The molecule has 182 valence electrons. The highest BCUT2D eigenvalue weighted by Gasteiger charge is 2.30. The maximum absolute atomic E-state index is 14.3. The first kappa shape index (κ1) is 25.5. The Kier molecular flexibility index (Phi) is 8.13. The molecule has 1 aliphatic heterocycles. The molecule has 1 heterocycles. The molecular formula is C23H25FN2O7S. The van der Waals surface area contributed by atoms with Crippen LogP contribution < -0.4 is 5.32 Å². The van der Waals surface area contributed by atoms with Crippen molar-refractivity contribution in [3.63, 3.8) is 0 Å². The number of nitrogens with one attached hydrogen (secondary N) is 1. The molecule has 1 saturated heterocycles. The van der Waals surface area contributed by atoms with Gasteiger partial charge < -0.3 is 14.8 Å². The zero-order valence-electron chi connectivity index (χ0n) is 18.7. The summed E-state index contributed by atoms with van der Waals surface area (Å²) in [4.78, 5) is 35.9. The average Bonchev–Trinajstić information content (AvgIpc) is 2.83. The van der Waals surface area contributed by atoms with Gasteiger partial charge in [0.15, 0.2) is 12.4 Å². The second-order valence-electron chi connectivity index (χ2n) is 7.88. The molecular weight excluding hydrogens is 467 g/mol. The molecule has 0 unspecified atom stereocenters. The highest BCUT2D eigenvalue weighted by Crippen LogP contribution is 2.22. The molecule has 1 aliphatic rings. The Morgan fingerprint density at radius 2 is 1.68 bits per heavy atom. The minimum atomic E-state index is -4.17. The number of benzene rings is 2. The highest BCUT2D eigenvalue weighted by molar-refractivity contribution is 7.89. The van der Waals surface area contributed by atoms with E-state index in [4.69, 9.17) is 9.47 Å². The van der Waals surface area contributed by atoms with Crippen LogP contribution >= 0.6 is 0 Å². The summed E-state index contributed by atoms with van der Waals surface area (Å²) in [5, 5.41) is 2.70. The quantitative estimate of drug-likeness (QED) is 0.444. The summed E-state index contributed by atoms with van der Waals surface area (Å²) in [7, 11) is -4.17. The van der Waals surface area contributed by atoms with Crippen molar-refractivity contribution < 1.29 is 36.7 Å². The number of morpholine rings is 1. The maximum Gasteiger partial charge on any atom is 0.338 e. The van der Waals surface area contributed by atoms with Crippen LogP contribution in [0.3, 0.4) is 0 Å². The predicted octanol–water partition coefficient (Wildman–Crippen LogP) is 2.48. The first-order valence-electron chi connectivity index (χ1n) is 10.6. The van der Waals surface area contributed by atoms with E-state index in [-0.39, 0.29) is 49.3 Å². The van der Waals surface area contributed by atoms with E-state index in [1.807, 2.05) is 0 Å². The standard InChI is InChI=1S/C23H25FN2O7S/c1-15(2)22(28)25-18-6-3-16(4-7-18)20(27)14-33-23(29)17-5-8-19(24)21(13-17)34(30,31)26-9-11-32-12-10-26/h3-8,13,15H,9-12,14H2,1-2H3,(H,25,28). The van der Waals surface area contributed by atoms with Crippen LogP contribution in [-0.4, -0.2) is 63.3 Å². The van der Waals surface area contributed by atoms with E-state index in [0.29, 0.717) is 5.69 Å². The van der Waals surface area contributed by atoms with E-state index < -0.39 is 39.1 Å². The summed E-state index contributed by atoms with van der Waals surface area (Å²) in [6, 6.07) is 8.94. The van der Waals surface area contributed by atoms with Gasteiger partial charge >= 0.3 is 5.97 Å². The SMILES string of the molecule is CC(C)C(=O)Nc1ccc(C(=O)COC(=O)c2ccc(F)c(S(=O)(=O)N3CCOCC3)c2)cc1. The minimum absolute atomic E-state index is 0.0743. The van der Waals surface area contributed by atoms with E-state index in [9.17, 15) is 27.2 Å². The zero-order chi connectivity index (χ0) is 24.9. The van der Waals surface area contributed by atoms with Crippen LogP contribution in [-0.2, 0) is 24.3 Å². The number of anilines is 1. The smallest absolute Gasteiger partial charge is 0.338 e. The number of ether oxygens (including phenoxy) is 2. The lowest BCUT2D eigenvalue weighted by Crippen LogP contribution is -2.41. The molecule has 2 aromatic rings. The van der Waals surface area contributed by atoms with Gasteiger partial charge in [0, 0.05) is 30.3 Å². The average molecular weight is 493 g/mol. The molecule has 9 nitrogen and oxygen atoms in total. The zero-order valence-corrected chi connectivity index (χ0v) is 19.6. The first-order chi connectivity index (χ1) is 16.1. The van der Waals surface area contributed by atoms with E-state index in [1.165, 1.54) is 12.1 Å². The van der Waals surface area contributed by atoms with Gasteiger partial charge in [-0.1, -0.05) is 13.8 Å². The normalized spacial score (nSPS) is 14.6. The molecule has 0 spiro atoms. The topological polar surface area (TPSA) is 119 Å². The van der Waals surface area contributed by atoms with Crippen LogP contribution in [0.2, 0.25) is 0 Å². The summed E-state index contributed by atoms with van der Waals surface area (Å²) in [5.41, 5.74) is 0.574. The number of sulfonamides is 1. The maximum atomic E-state index is 14.3. The van der Waals surface area contributed by atoms with Crippen molar-refractivity contribution in [1.29, 1.82) is 0 Å². The van der Waals surface area contributed by atoms with Crippen molar-refractivity contribution in [2.24, 2.45) is 5.92 Å². The number of halogens is 1. The van der Waals surface area contributed by atoms with Gasteiger partial charge in [-0.2, -0.15) is 4.31 Å². The number of Topliss-reactive ketones (excluding diaryl/α,β-unsaturated/α-hetero) is 1. The van der Waals surface area contributed by atoms with E-state index in [2.05, 4.69) is 5.32 Å². The van der Waals surface area contributed by atoms with Crippen molar-refractivity contribution in [2.45, 2.75) is 18.7 Å². The fraction of sp³-hybridized carbons (Fsp3) is 0.348. The number of rotatable bonds is 8. The van der Waals surface area contributed by atoms with Gasteiger partial charge in [-0.3, -0.25) is 9.59 Å². The number of esters is 1. The molecule has 0 atom stereocenters. The Bertz CT molecular complexity index is 1170. The summed E-state index contributed by atoms with van der Waals surface area (Å²) in [5.74, 6) is -2.83. The van der Waals surface area contributed by atoms with E-state index in [0.717, 1.165) is 22.5 Å². The van der Waals surface area contributed by atoms with Gasteiger partial charge in [0.1, 0.15) is 10.7 Å². The molecule has 0 saturated carbocycles. The Labute approximate surface area is 196 Å². The molecule has 1 fully saturated rings. The number of nitrogens with zero attached hydrogens (tertiary/aromatic N) is 1. The fourth-order valence-electron chi connectivity index (χ4n) is 3.08. The second-order valence-corrected chi connectivity index (χ2v) is 9.79. The Morgan fingerprint density at radius 1 is 1.06 bits per heavy atom. The lowest BCUT2D eigenvalue weighted by Gasteiger charge is -2.26. The summed E-state index contributed by atoms with van der Waals surface area (Å²) < 4.78 is 51.1. The number of ketones is 1. The molecule has 0 aliphatic carbocycles. The number of carbonyl (C=O) groups excluding carboxylic acids is 3. The largest absolute Gasteiger partial charge is 0.454 e. The van der Waals surface area contributed by atoms with Crippen molar-refractivity contribution in [3.8, 4) is 0 Å². The van der Waals surface area contributed by atoms with Crippen LogP contribution in [0.1, 0.15) is 34.6 Å². The molecule has 1 N–H and O–H groups in total. The fourth-order valence-corrected chi connectivity index (χ4v) is 4.58. The number of hydrogen-bond donors (Lipinski definition) is 1. The van der Waals surface area contributed by atoms with Crippen LogP contribution in [0.25, 0.3) is 0 Å². The lowest BCUT2D eigenvalue weighted by molar-refractivity contribution is -0.118. The van der Waals surface area contributed by atoms with Gasteiger partial charge in [0.25, 0.3) is 0 Å². The Morgan fingerprint density at radius 3 is 2.29 bits per heavy atom. The molecule has 11 heteroatoms. The van der Waals surface area contributed by atoms with Gasteiger partial charge in [0.2, 0.25) is 15.9 Å². The van der Waals surface area contributed by atoms with Gasteiger partial charge in [-0.25, -0.2) is 17.6 Å². The third kappa shape index (κ3) is 6.04. The molecule has 0 aromatic heterocycles. The van der Waals surface area contributed by atoms with Gasteiger partial charge in [0.05, 0.1) is 18.8 Å². The number of carbonyl (C=O) groups is 3. The van der Waals surface area contributed by atoms with Crippen LogP contribution in [0.5, 0.6) is 0 Å². The first-order valence-corrected chi connectivity index (χ1v) is 12.0. The van der Waals surface area contributed by atoms with Crippen LogP contribution in [0, 0.1) is 11.7 Å². The summed E-state index contributed by atoms with van der Waals surface area (Å²) in [6.07, 6.45) is 0. The summed E-state index contributed by atoms with van der Waals surface area (Å²) in [6.45, 7) is 3.44. The Hall–Kier alpha value is -3.15. The lowest BCUT2D eigenvalue weighted by atomic mass is 10.1. The highest BCUT2D eigenvalue weighted by atomic mass is 32.2. The number of amides is 1. The van der Waals surface area contributed by atoms with Crippen molar-refractivity contribution >= 4 is 33.4 Å². The second kappa shape index (κ2) is 10.9. The van der Waals surface area contributed by atoms with Gasteiger partial charge in [-0.05, 0) is 42.5 Å². The molecule has 1 amide bonds. The van der Waals surface area contributed by atoms with E-state index >= 15 is 0 Å². The monoisotopic (exact) mass is 492 g/mol. The molecule has 0 bridgehead atoms. The summed E-state index contributed by atoms with van der Waals surface area (Å²) >= 11 is 0. The third-order valence-corrected chi connectivity index (χ3v) is 7.00. The van der Waals surface area contributed by atoms with Crippen molar-refractivity contribution in [3.05, 3.63) is 59.4 Å². The molecule has 34 heavy (non-hydrogen) atoms. The Balaban J connectivity index is 1.65. The van der Waals surface area contributed by atoms with Gasteiger partial charge in [-0.15, -0.1) is 0 Å². The molecule has 0 radical (unpaired) electrons. The molecule has 3 rings (SSSR count). The van der Waals surface area contributed by atoms with Crippen LogP contribution in [0.4, 0.5) is 10.1 Å². The van der Waals surface area contributed by atoms with Crippen molar-refractivity contribution in [1.82, 2.24) is 4.31 Å². The predicted molar refractivity (Wildman–Crippen MR) is 121 cm³/mol. The minimum Gasteiger partial charge on any atom is -0.454 e. The van der Waals surface area contributed by atoms with Crippen LogP contribution in [0.15, 0.2) is 47.4 Å². The molecule has 2 aromatic carbocycles. The number of hydrogen-bond acceptors (Lipinski definition) is 7. The van der Waals surface area contributed by atoms with E-state index in [1.54, 1.807) is 26.0 Å². The third-order valence-electron chi connectivity index (χ3n) is 5.09. The van der Waals surface area contributed by atoms with Crippen molar-refractivity contribution in [2.75, 3.05) is 38.2 Å².